The summed E-state index contributed by atoms with van der Waals surface area (Å²) in [5.74, 6) is 0. The molecule has 2 aliphatic rings. The van der Waals surface area contributed by atoms with Crippen LogP contribution in [0, 0.1) is 0 Å². The molecule has 0 aromatic rings. The highest BCUT2D eigenvalue weighted by Crippen LogP contribution is 2.23. The molecular weight excluding hydrogens is 240 g/mol. The summed E-state index contributed by atoms with van der Waals surface area (Å²) in [7, 11) is 0. The van der Waals surface area contributed by atoms with E-state index in [4.69, 9.17) is 9.47 Å². The van der Waals surface area contributed by atoms with Crippen LogP contribution in [0.25, 0.3) is 0 Å². The Kier molecular flexibility index (Phi) is 3.10. The molecule has 1 unspecified atom stereocenters. The predicted octanol–water partition coefficient (Wildman–Crippen LogP) is 0.376. The van der Waals surface area contributed by atoms with E-state index < -0.39 is 30.1 Å². The summed E-state index contributed by atoms with van der Waals surface area (Å²) in [5, 5.41) is 9.56. The van der Waals surface area contributed by atoms with Crippen molar-refractivity contribution in [3.8, 4) is 0 Å². The third kappa shape index (κ3) is 2.50. The molecule has 2 saturated heterocycles. The van der Waals surface area contributed by atoms with E-state index in [0.717, 1.165) is 0 Å². The van der Waals surface area contributed by atoms with E-state index in [1.54, 1.807) is 20.8 Å². The first-order chi connectivity index (χ1) is 8.28. The first-order valence-corrected chi connectivity index (χ1v) is 5.91. The van der Waals surface area contributed by atoms with Crippen molar-refractivity contribution in [2.75, 3.05) is 19.6 Å². The van der Waals surface area contributed by atoms with Gasteiger partial charge >= 0.3 is 12.2 Å². The fourth-order valence-electron chi connectivity index (χ4n) is 2.02. The van der Waals surface area contributed by atoms with Crippen molar-refractivity contribution < 1.29 is 24.2 Å². The van der Waals surface area contributed by atoms with Crippen molar-refractivity contribution in [3.05, 3.63) is 0 Å². The molecule has 0 aromatic carbocycles. The number of piperazine rings is 1. The number of amides is 2. The lowest BCUT2D eigenvalue weighted by Crippen LogP contribution is -2.56. The van der Waals surface area contributed by atoms with Crippen molar-refractivity contribution >= 4 is 12.2 Å². The van der Waals surface area contributed by atoms with E-state index in [1.807, 2.05) is 0 Å². The molecule has 0 radical (unpaired) electrons. The maximum atomic E-state index is 11.9. The van der Waals surface area contributed by atoms with Crippen molar-refractivity contribution in [2.45, 2.75) is 38.7 Å². The van der Waals surface area contributed by atoms with Gasteiger partial charge in [0.2, 0.25) is 6.29 Å². The molecule has 7 heteroatoms. The van der Waals surface area contributed by atoms with Gasteiger partial charge in [0.1, 0.15) is 11.6 Å². The molecule has 18 heavy (non-hydrogen) atoms. The maximum Gasteiger partial charge on any atom is 0.412 e. The monoisotopic (exact) mass is 258 g/mol. The Morgan fingerprint density at radius 1 is 1.44 bits per heavy atom. The van der Waals surface area contributed by atoms with Gasteiger partial charge in [-0.15, -0.1) is 0 Å². The lowest BCUT2D eigenvalue weighted by molar-refractivity contribution is -0.0522. The van der Waals surface area contributed by atoms with Crippen LogP contribution in [0.4, 0.5) is 9.59 Å². The van der Waals surface area contributed by atoms with Crippen molar-refractivity contribution in [1.82, 2.24) is 9.80 Å². The second kappa shape index (κ2) is 4.31. The minimum atomic E-state index is -1.18. The number of fused-ring (bicyclic) bond motifs is 1. The Morgan fingerprint density at radius 3 is 2.72 bits per heavy atom. The fraction of sp³-hybridized carbons (Fsp3) is 0.818. The van der Waals surface area contributed by atoms with Crippen LogP contribution in [0.15, 0.2) is 0 Å². The van der Waals surface area contributed by atoms with Gasteiger partial charge in [0.25, 0.3) is 0 Å². The smallest absolute Gasteiger partial charge is 0.412 e. The summed E-state index contributed by atoms with van der Waals surface area (Å²) in [6.07, 6.45) is -2.15. The number of hydrogen-bond donors (Lipinski definition) is 1. The van der Waals surface area contributed by atoms with E-state index in [2.05, 4.69) is 0 Å². The summed E-state index contributed by atoms with van der Waals surface area (Å²) in [6, 6.07) is -0.501. The zero-order chi connectivity index (χ0) is 13.5. The fourth-order valence-corrected chi connectivity index (χ4v) is 2.02. The lowest BCUT2D eigenvalue weighted by atomic mass is 10.2. The minimum Gasteiger partial charge on any atom is -0.444 e. The molecule has 0 aromatic heterocycles. The number of rotatable bonds is 0. The molecule has 0 saturated carbocycles. The third-order valence-electron chi connectivity index (χ3n) is 2.86. The molecule has 2 rings (SSSR count). The number of ether oxygens (including phenoxy) is 2. The zero-order valence-electron chi connectivity index (χ0n) is 10.8. The number of carbonyl (C=O) groups is 2. The normalized spacial score (nSPS) is 27.9. The van der Waals surface area contributed by atoms with Gasteiger partial charge in [-0.1, -0.05) is 0 Å². The Bertz CT molecular complexity index is 365. The van der Waals surface area contributed by atoms with Crippen LogP contribution in [-0.2, 0) is 9.47 Å². The Balaban J connectivity index is 1.98. The highest BCUT2D eigenvalue weighted by Gasteiger charge is 2.45. The van der Waals surface area contributed by atoms with Gasteiger partial charge in [-0.3, -0.25) is 4.90 Å². The maximum absolute atomic E-state index is 11.9. The molecule has 2 fully saturated rings. The largest absolute Gasteiger partial charge is 0.444 e. The van der Waals surface area contributed by atoms with Crippen LogP contribution in [0.5, 0.6) is 0 Å². The minimum absolute atomic E-state index is 0.224. The van der Waals surface area contributed by atoms with Gasteiger partial charge in [0.05, 0.1) is 6.54 Å². The van der Waals surface area contributed by atoms with Crippen LogP contribution >= 0.6 is 0 Å². The molecule has 0 bridgehead atoms. The Labute approximate surface area is 105 Å². The van der Waals surface area contributed by atoms with Crippen molar-refractivity contribution in [3.63, 3.8) is 0 Å². The molecule has 0 aliphatic carbocycles. The standard InChI is InChI=1S/C11H18N2O5/c1-11(2,3)18-9(15)12-4-5-13-7(6-12)8(14)17-10(13)16/h7-8,14H,4-6H2,1-3H3/t7-,8?/m1/s1. The van der Waals surface area contributed by atoms with E-state index in [0.29, 0.717) is 13.1 Å². The van der Waals surface area contributed by atoms with Crippen LogP contribution < -0.4 is 0 Å². The first-order valence-electron chi connectivity index (χ1n) is 5.91. The van der Waals surface area contributed by atoms with Crippen LogP contribution in [0.2, 0.25) is 0 Å². The van der Waals surface area contributed by atoms with E-state index in [-0.39, 0.29) is 6.54 Å². The zero-order valence-corrected chi connectivity index (χ0v) is 10.8. The summed E-state index contributed by atoms with van der Waals surface area (Å²) in [5.41, 5.74) is -0.561. The summed E-state index contributed by atoms with van der Waals surface area (Å²) in [6.45, 7) is 6.32. The third-order valence-corrected chi connectivity index (χ3v) is 2.86. The van der Waals surface area contributed by atoms with Gasteiger partial charge in [-0.05, 0) is 20.8 Å². The van der Waals surface area contributed by atoms with Gasteiger partial charge in [0.15, 0.2) is 0 Å². The number of aliphatic hydroxyl groups is 1. The molecule has 1 N–H and O–H groups in total. The number of hydrogen-bond acceptors (Lipinski definition) is 5. The first kappa shape index (κ1) is 12.9. The van der Waals surface area contributed by atoms with Gasteiger partial charge in [0, 0.05) is 13.1 Å². The van der Waals surface area contributed by atoms with Crippen LogP contribution in [0.3, 0.4) is 0 Å². The quantitative estimate of drug-likeness (QED) is 0.679. The van der Waals surface area contributed by atoms with Gasteiger partial charge < -0.3 is 19.5 Å². The SMILES string of the molecule is CC(C)(C)OC(=O)N1CCN2C(=O)OC(O)[C@H]2C1. The average molecular weight is 258 g/mol. The number of aliphatic hydroxyl groups excluding tert-OH is 1. The molecule has 2 aliphatic heterocycles. The Morgan fingerprint density at radius 2 is 2.11 bits per heavy atom. The van der Waals surface area contributed by atoms with Crippen molar-refractivity contribution in [2.24, 2.45) is 0 Å². The molecule has 7 nitrogen and oxygen atoms in total. The van der Waals surface area contributed by atoms with Crippen LogP contribution in [0.1, 0.15) is 20.8 Å². The van der Waals surface area contributed by atoms with Crippen molar-refractivity contribution in [1.29, 1.82) is 0 Å². The highest BCUT2D eigenvalue weighted by molar-refractivity contribution is 5.72. The summed E-state index contributed by atoms with van der Waals surface area (Å²) in [4.78, 5) is 26.1. The number of nitrogens with zero attached hydrogens (tertiary/aromatic N) is 2. The topological polar surface area (TPSA) is 79.3 Å². The molecule has 2 amide bonds. The van der Waals surface area contributed by atoms with Gasteiger partial charge in [-0.25, -0.2) is 9.59 Å². The number of carbonyl (C=O) groups excluding carboxylic acids is 2. The summed E-state index contributed by atoms with van der Waals surface area (Å²) >= 11 is 0. The Hall–Kier alpha value is -1.50. The molecule has 0 spiro atoms. The highest BCUT2D eigenvalue weighted by atomic mass is 16.7. The van der Waals surface area contributed by atoms with E-state index in [9.17, 15) is 14.7 Å². The predicted molar refractivity (Wildman–Crippen MR) is 60.8 cm³/mol. The van der Waals surface area contributed by atoms with E-state index >= 15 is 0 Å². The lowest BCUT2D eigenvalue weighted by Gasteiger charge is -2.36. The second-order valence-corrected chi connectivity index (χ2v) is 5.46. The van der Waals surface area contributed by atoms with Gasteiger partial charge in [-0.2, -0.15) is 0 Å². The molecule has 102 valence electrons. The average Bonchev–Trinajstić information content (AvgIpc) is 2.52. The number of cyclic esters (lactones) is 1. The molecule has 2 atom stereocenters. The second-order valence-electron chi connectivity index (χ2n) is 5.46. The molecular formula is C11H18N2O5. The summed E-state index contributed by atoms with van der Waals surface area (Å²) < 4.78 is 9.95. The van der Waals surface area contributed by atoms with Crippen LogP contribution in [-0.4, -0.2) is 64.7 Å². The van der Waals surface area contributed by atoms with E-state index in [1.165, 1.54) is 9.80 Å². The molecule has 2 heterocycles.